The van der Waals surface area contributed by atoms with Gasteiger partial charge in [-0.15, -0.1) is 0 Å². The quantitative estimate of drug-likeness (QED) is 0.691. The summed E-state index contributed by atoms with van der Waals surface area (Å²) in [4.78, 5) is 24.7. The molecule has 1 aliphatic rings. The highest BCUT2D eigenvalue weighted by Gasteiger charge is 2.22. The standard InChI is InChI=1S/C23H23NO4/c1-13-10-19(22-16-7-5-8-17(16)23(26)28-20(22)11-13)27-12-21(25)24-18-9-4-6-14(2)15(18)3/h4,6,9-11H,5,7-8,12H2,1-3H3,(H,24,25). The Hall–Kier alpha value is -3.08. The lowest BCUT2D eigenvalue weighted by Crippen LogP contribution is -2.21. The Balaban J connectivity index is 1.61. The van der Waals surface area contributed by atoms with Crippen molar-refractivity contribution in [2.45, 2.75) is 40.0 Å². The molecule has 1 amide bonds. The second kappa shape index (κ2) is 7.15. The molecule has 0 unspecified atom stereocenters. The van der Waals surface area contributed by atoms with Crippen LogP contribution >= 0.6 is 0 Å². The maximum atomic E-state index is 12.4. The molecule has 5 heteroatoms. The van der Waals surface area contributed by atoms with Crippen LogP contribution in [0.25, 0.3) is 11.0 Å². The summed E-state index contributed by atoms with van der Waals surface area (Å²) in [5.41, 5.74) is 5.86. The number of benzene rings is 2. The molecule has 0 saturated heterocycles. The predicted molar refractivity (Wildman–Crippen MR) is 109 cm³/mol. The first-order chi connectivity index (χ1) is 13.4. The summed E-state index contributed by atoms with van der Waals surface area (Å²) in [6, 6.07) is 9.54. The van der Waals surface area contributed by atoms with Crippen molar-refractivity contribution in [1.82, 2.24) is 0 Å². The van der Waals surface area contributed by atoms with Crippen LogP contribution in [0.4, 0.5) is 5.69 Å². The van der Waals surface area contributed by atoms with Crippen LogP contribution in [0.5, 0.6) is 5.75 Å². The molecule has 0 aliphatic heterocycles. The van der Waals surface area contributed by atoms with Crippen LogP contribution in [0.1, 0.15) is 34.2 Å². The summed E-state index contributed by atoms with van der Waals surface area (Å²) in [7, 11) is 0. The number of fused-ring (bicyclic) bond motifs is 3. The summed E-state index contributed by atoms with van der Waals surface area (Å²) in [5.74, 6) is 0.366. The molecule has 1 heterocycles. The van der Waals surface area contributed by atoms with Crippen LogP contribution in [0.15, 0.2) is 39.5 Å². The van der Waals surface area contributed by atoms with Crippen LogP contribution in [-0.4, -0.2) is 12.5 Å². The fraction of sp³-hybridized carbons (Fsp3) is 0.304. The van der Waals surface area contributed by atoms with E-state index in [1.54, 1.807) is 0 Å². The Morgan fingerprint density at radius 2 is 1.93 bits per heavy atom. The molecule has 1 aliphatic carbocycles. The summed E-state index contributed by atoms with van der Waals surface area (Å²) in [6.45, 7) is 5.79. The molecule has 0 fully saturated rings. The zero-order valence-corrected chi connectivity index (χ0v) is 16.3. The summed E-state index contributed by atoms with van der Waals surface area (Å²) >= 11 is 0. The lowest BCUT2D eigenvalue weighted by atomic mass is 10.0. The number of amides is 1. The van der Waals surface area contributed by atoms with Crippen LogP contribution in [0.2, 0.25) is 0 Å². The van der Waals surface area contributed by atoms with Crippen LogP contribution in [0.3, 0.4) is 0 Å². The third-order valence-corrected chi connectivity index (χ3v) is 5.42. The Morgan fingerprint density at radius 1 is 1.14 bits per heavy atom. The van der Waals surface area contributed by atoms with E-state index in [4.69, 9.17) is 9.15 Å². The number of anilines is 1. The molecule has 5 nitrogen and oxygen atoms in total. The molecule has 1 aromatic heterocycles. The van der Waals surface area contributed by atoms with Gasteiger partial charge in [-0.25, -0.2) is 4.79 Å². The molecule has 0 radical (unpaired) electrons. The number of hydrogen-bond acceptors (Lipinski definition) is 4. The summed E-state index contributed by atoms with van der Waals surface area (Å²) < 4.78 is 11.4. The van der Waals surface area contributed by atoms with Crippen molar-refractivity contribution in [3.63, 3.8) is 0 Å². The van der Waals surface area contributed by atoms with E-state index in [1.165, 1.54) is 0 Å². The van der Waals surface area contributed by atoms with Gasteiger partial charge in [-0.2, -0.15) is 0 Å². The Labute approximate surface area is 163 Å². The van der Waals surface area contributed by atoms with E-state index < -0.39 is 0 Å². The van der Waals surface area contributed by atoms with Gasteiger partial charge in [0.1, 0.15) is 11.3 Å². The Bertz CT molecular complexity index is 1140. The number of aryl methyl sites for hydroxylation is 3. The Kier molecular flexibility index (Phi) is 4.67. The average molecular weight is 377 g/mol. The summed E-state index contributed by atoms with van der Waals surface area (Å²) in [5, 5.41) is 3.72. The highest BCUT2D eigenvalue weighted by molar-refractivity contribution is 5.94. The number of ether oxygens (including phenoxy) is 1. The second-order valence-electron chi connectivity index (χ2n) is 7.42. The van der Waals surface area contributed by atoms with E-state index in [0.29, 0.717) is 11.3 Å². The van der Waals surface area contributed by atoms with E-state index in [2.05, 4.69) is 5.32 Å². The molecule has 0 saturated carbocycles. The zero-order valence-electron chi connectivity index (χ0n) is 16.3. The molecule has 0 bridgehead atoms. The smallest absolute Gasteiger partial charge is 0.339 e. The number of nitrogens with one attached hydrogen (secondary N) is 1. The number of hydrogen-bond donors (Lipinski definition) is 1. The van der Waals surface area contributed by atoms with Crippen molar-refractivity contribution in [3.8, 4) is 5.75 Å². The highest BCUT2D eigenvalue weighted by atomic mass is 16.5. The van der Waals surface area contributed by atoms with E-state index in [-0.39, 0.29) is 18.1 Å². The van der Waals surface area contributed by atoms with E-state index in [1.807, 2.05) is 51.1 Å². The second-order valence-corrected chi connectivity index (χ2v) is 7.42. The molecule has 1 N–H and O–H groups in total. The highest BCUT2D eigenvalue weighted by Crippen LogP contribution is 2.35. The molecule has 2 aromatic carbocycles. The number of carbonyl (C=O) groups excluding carboxylic acids is 1. The van der Waals surface area contributed by atoms with Crippen molar-refractivity contribution < 1.29 is 13.9 Å². The van der Waals surface area contributed by atoms with E-state index >= 15 is 0 Å². The van der Waals surface area contributed by atoms with Crippen molar-refractivity contribution in [2.75, 3.05) is 11.9 Å². The maximum absolute atomic E-state index is 12.4. The molecule has 144 valence electrons. The topological polar surface area (TPSA) is 68.5 Å². The lowest BCUT2D eigenvalue weighted by Gasteiger charge is -2.14. The fourth-order valence-corrected chi connectivity index (χ4v) is 3.84. The van der Waals surface area contributed by atoms with Gasteiger partial charge < -0.3 is 14.5 Å². The largest absolute Gasteiger partial charge is 0.483 e. The molecular formula is C23H23NO4. The number of rotatable bonds is 4. The van der Waals surface area contributed by atoms with Crippen molar-refractivity contribution in [1.29, 1.82) is 0 Å². The van der Waals surface area contributed by atoms with Gasteiger partial charge in [-0.1, -0.05) is 12.1 Å². The van der Waals surface area contributed by atoms with Gasteiger partial charge in [0.05, 0.1) is 5.39 Å². The third-order valence-electron chi connectivity index (χ3n) is 5.42. The zero-order chi connectivity index (χ0) is 19.8. The van der Waals surface area contributed by atoms with E-state index in [0.717, 1.165) is 58.2 Å². The van der Waals surface area contributed by atoms with Gasteiger partial charge in [0, 0.05) is 11.3 Å². The van der Waals surface area contributed by atoms with Crippen molar-refractivity contribution >= 4 is 22.6 Å². The van der Waals surface area contributed by atoms with Gasteiger partial charge >= 0.3 is 5.63 Å². The van der Waals surface area contributed by atoms with Gasteiger partial charge in [-0.05, 0) is 80.5 Å². The molecule has 0 spiro atoms. The lowest BCUT2D eigenvalue weighted by molar-refractivity contribution is -0.118. The first kappa shape index (κ1) is 18.3. The monoisotopic (exact) mass is 377 g/mol. The van der Waals surface area contributed by atoms with Gasteiger partial charge in [0.15, 0.2) is 6.61 Å². The third kappa shape index (κ3) is 3.28. The molecular weight excluding hydrogens is 354 g/mol. The van der Waals surface area contributed by atoms with Crippen LogP contribution in [-0.2, 0) is 17.6 Å². The normalized spacial score (nSPS) is 12.8. The van der Waals surface area contributed by atoms with Gasteiger partial charge in [0.25, 0.3) is 5.91 Å². The van der Waals surface area contributed by atoms with Gasteiger partial charge in [0.2, 0.25) is 0 Å². The van der Waals surface area contributed by atoms with Crippen molar-refractivity contribution in [3.05, 3.63) is 68.6 Å². The summed E-state index contributed by atoms with van der Waals surface area (Å²) in [6.07, 6.45) is 2.49. The minimum atomic E-state index is -0.260. The van der Waals surface area contributed by atoms with Crippen LogP contribution in [0, 0.1) is 20.8 Å². The SMILES string of the molecule is Cc1cc(OCC(=O)Nc2cccc(C)c2C)c2c3c(c(=O)oc2c1)CCC3. The molecule has 4 rings (SSSR count). The average Bonchev–Trinajstić information content (AvgIpc) is 3.13. The minimum Gasteiger partial charge on any atom is -0.483 e. The molecule has 28 heavy (non-hydrogen) atoms. The molecule has 0 atom stereocenters. The van der Waals surface area contributed by atoms with Crippen LogP contribution < -0.4 is 15.7 Å². The minimum absolute atomic E-state index is 0.111. The first-order valence-electron chi connectivity index (χ1n) is 9.52. The first-order valence-corrected chi connectivity index (χ1v) is 9.52. The Morgan fingerprint density at radius 3 is 2.75 bits per heavy atom. The predicted octanol–water partition coefficient (Wildman–Crippen LogP) is 4.22. The van der Waals surface area contributed by atoms with E-state index in [9.17, 15) is 9.59 Å². The maximum Gasteiger partial charge on any atom is 0.339 e. The molecule has 3 aromatic rings. The van der Waals surface area contributed by atoms with Gasteiger partial charge in [-0.3, -0.25) is 4.79 Å². The van der Waals surface area contributed by atoms with Crippen molar-refractivity contribution in [2.24, 2.45) is 0 Å². The number of carbonyl (C=O) groups is 1. The fourth-order valence-electron chi connectivity index (χ4n) is 3.84.